The standard InChI is InChI=1S/C60H32/c1-5-13-14-6-2-10-18-23-27-28-24-20-12-4-8-16-15-7-3-11-19-22-26-25-21-17-9(1)29(5)33(13)34(14)30(6,10)38(18)43(23)47(27)48(28)44(24)40(20)32(8,12)36(16)35(15)31(7,11)39(19)42(22)46(26)45(25)41(21)37(17,29)49(33)50(34,38)54(43)53(41,49)57(45)58(46)55(42)51(35,39)52(36,40)56(44,55)60(48,58)59(47,54)57/h5-28H,1-4H2. The average Bonchev–Trinajstić information content (AvgIpc) is 3.09. The third kappa shape index (κ3) is 0.376. The number of rotatable bonds is 0. The Kier molecular flexibility index (Phi) is 0.889. The first-order valence-corrected chi connectivity index (χ1v) is 29.9. The summed E-state index contributed by atoms with van der Waals surface area (Å²) in [6, 6.07) is 0. The maximum absolute atomic E-state index is 1.87. The van der Waals surface area contributed by atoms with Crippen LogP contribution in [0.3, 0.4) is 0 Å². The molecule has 45 saturated carbocycles. The van der Waals surface area contributed by atoms with Crippen LogP contribution >= 0.6 is 0 Å². The first-order chi connectivity index (χ1) is 29.9. The molecule has 272 valence electrons. The molecule has 45 aliphatic carbocycles. The lowest BCUT2D eigenvalue weighted by molar-refractivity contribution is -1.28. The number of hydrogen-bond acceptors (Lipinski definition) is 0. The predicted molar refractivity (Wildman–Crippen MR) is 180 cm³/mol. The van der Waals surface area contributed by atoms with Crippen molar-refractivity contribution in [3.05, 3.63) is 0 Å². The minimum Gasteiger partial charge on any atom is -0.0458 e. The molecule has 45 aliphatic rings. The molecule has 45 fully saturated rings. The van der Waals surface area contributed by atoms with Gasteiger partial charge in [0.05, 0.1) is 0 Å². The Labute approximate surface area is 339 Å². The van der Waals surface area contributed by atoms with Gasteiger partial charge < -0.3 is 0 Å². The highest BCUT2D eigenvalue weighted by molar-refractivity contribution is 6.20. The van der Waals surface area contributed by atoms with E-state index in [4.69, 9.17) is 0 Å². The van der Waals surface area contributed by atoms with Crippen molar-refractivity contribution in [3.8, 4) is 0 Å². The smallest absolute Gasteiger partial charge is 0.000370 e. The Morgan fingerprint density at radius 1 is 0.150 bits per heavy atom. The summed E-state index contributed by atoms with van der Waals surface area (Å²) in [5.41, 5.74) is 36.6. The van der Waals surface area contributed by atoms with Crippen molar-refractivity contribution in [3.63, 3.8) is 0 Å². The summed E-state index contributed by atoms with van der Waals surface area (Å²) in [4.78, 5) is 0. The Bertz CT molecular complexity index is 3770. The predicted octanol–water partition coefficient (Wildman–Crippen LogP) is 4.51. The van der Waals surface area contributed by atoms with Crippen molar-refractivity contribution in [1.82, 2.24) is 0 Å². The molecule has 0 heteroatoms. The molecule has 0 nitrogen and oxygen atoms in total. The first-order valence-electron chi connectivity index (χ1n) is 29.9. The molecule has 0 saturated heterocycles. The molecule has 0 aromatic carbocycles. The fourth-order valence-corrected chi connectivity index (χ4v) is 70.0. The van der Waals surface area contributed by atoms with Crippen LogP contribution in [-0.4, -0.2) is 0 Å². The molecule has 0 N–H and O–H groups in total. The summed E-state index contributed by atoms with van der Waals surface area (Å²) in [5, 5.41) is 0. The first kappa shape index (κ1) is 19.3. The van der Waals surface area contributed by atoms with E-state index in [9.17, 15) is 0 Å². The Morgan fingerprint density at radius 3 is 0.533 bits per heavy atom. The molecule has 0 heterocycles. The molecule has 60 heavy (non-hydrogen) atoms. The van der Waals surface area contributed by atoms with Crippen molar-refractivity contribution < 1.29 is 0 Å². The summed E-state index contributed by atoms with van der Waals surface area (Å²) < 4.78 is 0. The summed E-state index contributed by atoms with van der Waals surface area (Å²) in [6.45, 7) is 0. The molecule has 0 aromatic rings. The lowest BCUT2D eigenvalue weighted by Crippen LogP contribution is -3.72. The van der Waals surface area contributed by atoms with Gasteiger partial charge in [-0.05, 0) is 341 Å². The molecule has 0 bridgehead atoms. The van der Waals surface area contributed by atoms with E-state index in [2.05, 4.69) is 0 Å². The highest BCUT2D eigenvalue weighted by atomic mass is 15.8. The van der Waals surface area contributed by atoms with Crippen molar-refractivity contribution in [1.29, 1.82) is 0 Å². The normalized spacial score (nSPS) is 147. The molecule has 0 aromatic heterocycles. The molecule has 0 aliphatic heterocycles. The topological polar surface area (TPSA) is 0 Å². The van der Waals surface area contributed by atoms with Gasteiger partial charge in [0.2, 0.25) is 0 Å². The Morgan fingerprint density at radius 2 is 0.300 bits per heavy atom. The quantitative estimate of drug-likeness (QED) is 0.342. The second-order valence-electron chi connectivity index (χ2n) is 39.6. The number of hydrogen-bond donors (Lipinski definition) is 0. The average molecular weight is 753 g/mol. The summed E-state index contributed by atoms with van der Waals surface area (Å²) in [7, 11) is 0. The van der Waals surface area contributed by atoms with Gasteiger partial charge in [-0.3, -0.25) is 0 Å². The van der Waals surface area contributed by atoms with E-state index in [0.29, 0.717) is 0 Å². The minimum absolute atomic E-state index is 1.11. The third-order valence-electron chi connectivity index (χ3n) is 54.0. The second-order valence-corrected chi connectivity index (χ2v) is 39.6. The van der Waals surface area contributed by atoms with Crippen molar-refractivity contribution in [2.45, 2.75) is 25.7 Å². The molecule has 0 radical (unpaired) electrons. The minimum atomic E-state index is 1.11. The Balaban J connectivity index is 0.782. The van der Waals surface area contributed by atoms with Gasteiger partial charge >= 0.3 is 0 Å². The lowest BCUT2D eigenvalue weighted by atomic mass is 8.29. The van der Waals surface area contributed by atoms with Crippen molar-refractivity contribution >= 4 is 0 Å². The van der Waals surface area contributed by atoms with E-state index < -0.39 is 0 Å². The summed E-state index contributed by atoms with van der Waals surface area (Å²) in [6.07, 6.45) is 7.49. The zero-order chi connectivity index (χ0) is 32.7. The van der Waals surface area contributed by atoms with Crippen LogP contribution in [0.1, 0.15) is 25.7 Å². The van der Waals surface area contributed by atoms with Crippen LogP contribution in [0.2, 0.25) is 0 Å². The zero-order valence-electron chi connectivity index (χ0n) is 32.7. The molecule has 0 amide bonds. The lowest BCUT2D eigenvalue weighted by Gasteiger charge is -3.72. The van der Waals surface area contributed by atoms with Gasteiger partial charge in [0.25, 0.3) is 0 Å². The fourth-order valence-electron chi connectivity index (χ4n) is 70.0. The summed E-state index contributed by atoms with van der Waals surface area (Å²) in [5.74, 6) is 34.0. The molecule has 52 unspecified atom stereocenters. The van der Waals surface area contributed by atoms with Gasteiger partial charge in [0, 0.05) is 0 Å². The maximum Gasteiger partial charge on any atom is -0.000370 e. The van der Waals surface area contributed by atoms with Crippen LogP contribution in [0.15, 0.2) is 0 Å². The highest BCUT2D eigenvalue weighted by Gasteiger charge is 3.76. The molecule has 52 atom stereocenters. The van der Waals surface area contributed by atoms with E-state index in [-0.39, 0.29) is 0 Å². The molecular weight excluding hydrogens is 721 g/mol. The van der Waals surface area contributed by atoms with Gasteiger partial charge in [-0.15, -0.1) is 0 Å². The third-order valence-corrected chi connectivity index (χ3v) is 54.0. The van der Waals surface area contributed by atoms with Gasteiger partial charge in [-0.2, -0.15) is 0 Å². The Hall–Kier alpha value is 0. The van der Waals surface area contributed by atoms with Crippen LogP contribution < -0.4 is 0 Å². The van der Waals surface area contributed by atoms with Crippen LogP contribution in [0.4, 0.5) is 0 Å². The fraction of sp³-hybridized carbons (Fsp3) is 1.00. The maximum atomic E-state index is 1.87. The molecular formula is C60H32. The zero-order valence-corrected chi connectivity index (χ0v) is 32.7. The van der Waals surface area contributed by atoms with Gasteiger partial charge in [0.15, 0.2) is 0 Å². The van der Waals surface area contributed by atoms with Gasteiger partial charge in [0.1, 0.15) is 0 Å². The second kappa shape index (κ2) is 2.76. The van der Waals surface area contributed by atoms with E-state index in [1.165, 1.54) is 142 Å². The SMILES string of the molecule is C1C2C3C4C5CC6C7C8C9C%10C%11C%12C%13CC%14C%15C%16C%17CC%18C%19C%20C%21C%22C%23C%24C1C21C32C43C56C74C85C96C%107C%118C%129C%14%13C%15%10C%16%11C%17%18C%19%12C%20%13C%21%14C%22%15C%23%16C%241C21C34C52C%161C%151C%143C%134C%11%12C%109C84C73C621. The molecule has 32 spiro atoms. The van der Waals surface area contributed by atoms with Crippen molar-refractivity contribution in [2.75, 3.05) is 0 Å². The van der Waals surface area contributed by atoms with E-state index >= 15 is 0 Å². The van der Waals surface area contributed by atoms with Crippen molar-refractivity contribution in [2.24, 2.45) is 315 Å². The van der Waals surface area contributed by atoms with Gasteiger partial charge in [-0.25, -0.2) is 0 Å². The van der Waals surface area contributed by atoms with Crippen LogP contribution in [0.5, 0.6) is 0 Å². The molecule has 45 rings (SSSR count). The van der Waals surface area contributed by atoms with Crippen LogP contribution in [-0.2, 0) is 0 Å². The van der Waals surface area contributed by atoms with Crippen LogP contribution in [0, 0.1) is 315 Å². The van der Waals surface area contributed by atoms with Crippen LogP contribution in [0.25, 0.3) is 0 Å². The highest BCUT2D eigenvalue weighted by Crippen LogP contribution is 3.77. The largest absolute Gasteiger partial charge is 0.0458 e. The van der Waals surface area contributed by atoms with E-state index in [1.54, 1.807) is 0 Å². The van der Waals surface area contributed by atoms with E-state index in [1.807, 2.05) is 25.7 Å². The van der Waals surface area contributed by atoms with E-state index in [0.717, 1.165) is 173 Å². The van der Waals surface area contributed by atoms with Gasteiger partial charge in [-0.1, -0.05) is 0 Å². The summed E-state index contributed by atoms with van der Waals surface area (Å²) >= 11 is 0. The monoisotopic (exact) mass is 752 g/mol. The number of fused-ring (bicyclic) bond motifs is 20.